The zero-order chi connectivity index (χ0) is 17.3. The summed E-state index contributed by atoms with van der Waals surface area (Å²) in [7, 11) is -3.51. The van der Waals surface area contributed by atoms with Gasteiger partial charge in [-0.05, 0) is 35.9 Å². The van der Waals surface area contributed by atoms with Crippen molar-refractivity contribution in [3.05, 3.63) is 65.2 Å². The van der Waals surface area contributed by atoms with Crippen LogP contribution in [0, 0.1) is 0 Å². The van der Waals surface area contributed by atoms with Crippen LogP contribution >= 0.6 is 0 Å². The summed E-state index contributed by atoms with van der Waals surface area (Å²) in [6.07, 6.45) is 1.58. The standard InChI is InChI=1S/C18H15NO4S/c1-12(20)19-15-8-6-13(7-9-15)10-14-11-24(22,23)17-5-3-2-4-16(17)18(14)21/h2-10H,11H2,1H3,(H,19,20)/b14-10+. The Labute approximate surface area is 139 Å². The zero-order valence-corrected chi connectivity index (χ0v) is 13.8. The number of anilines is 1. The highest BCUT2D eigenvalue weighted by Gasteiger charge is 2.32. The maximum atomic E-state index is 12.5. The van der Waals surface area contributed by atoms with E-state index in [0.29, 0.717) is 11.3 Å². The molecule has 0 radical (unpaired) electrons. The number of sulfone groups is 1. The van der Waals surface area contributed by atoms with E-state index in [0.717, 1.165) is 0 Å². The number of carbonyl (C=O) groups excluding carboxylic acids is 2. The van der Waals surface area contributed by atoms with Crippen molar-refractivity contribution >= 4 is 33.3 Å². The molecule has 1 heterocycles. The van der Waals surface area contributed by atoms with Gasteiger partial charge in [0.05, 0.1) is 10.6 Å². The molecule has 24 heavy (non-hydrogen) atoms. The number of carbonyl (C=O) groups is 2. The summed E-state index contributed by atoms with van der Waals surface area (Å²) in [5, 5.41) is 2.65. The number of rotatable bonds is 2. The van der Waals surface area contributed by atoms with E-state index < -0.39 is 9.84 Å². The minimum absolute atomic E-state index is 0.0909. The van der Waals surface area contributed by atoms with E-state index in [9.17, 15) is 18.0 Å². The summed E-state index contributed by atoms with van der Waals surface area (Å²) in [6.45, 7) is 1.42. The van der Waals surface area contributed by atoms with Crippen molar-refractivity contribution in [3.8, 4) is 0 Å². The van der Waals surface area contributed by atoms with Crippen molar-refractivity contribution in [2.75, 3.05) is 11.1 Å². The van der Waals surface area contributed by atoms with Gasteiger partial charge in [0.15, 0.2) is 15.6 Å². The zero-order valence-electron chi connectivity index (χ0n) is 12.9. The van der Waals surface area contributed by atoms with Crippen LogP contribution < -0.4 is 5.32 Å². The van der Waals surface area contributed by atoms with E-state index in [1.165, 1.54) is 19.1 Å². The van der Waals surface area contributed by atoms with Crippen LogP contribution in [-0.4, -0.2) is 25.9 Å². The summed E-state index contributed by atoms with van der Waals surface area (Å²) in [4.78, 5) is 23.6. The smallest absolute Gasteiger partial charge is 0.221 e. The fourth-order valence-corrected chi connectivity index (χ4v) is 4.18. The van der Waals surface area contributed by atoms with Crippen molar-refractivity contribution in [1.82, 2.24) is 0 Å². The number of nitrogens with one attached hydrogen (secondary N) is 1. The van der Waals surface area contributed by atoms with Crippen molar-refractivity contribution in [1.29, 1.82) is 0 Å². The number of ketones is 1. The Bertz CT molecular complexity index is 957. The van der Waals surface area contributed by atoms with E-state index in [1.54, 1.807) is 42.5 Å². The first kappa shape index (κ1) is 16.1. The Balaban J connectivity index is 1.97. The third-order valence-electron chi connectivity index (χ3n) is 3.68. The molecule has 2 aromatic carbocycles. The monoisotopic (exact) mass is 341 g/mol. The van der Waals surface area contributed by atoms with Crippen LogP contribution in [-0.2, 0) is 14.6 Å². The van der Waals surface area contributed by atoms with Crippen LogP contribution in [0.3, 0.4) is 0 Å². The SMILES string of the molecule is CC(=O)Nc1ccc(/C=C2\CS(=O)(=O)c3ccccc3C2=O)cc1. The summed E-state index contributed by atoms with van der Waals surface area (Å²) >= 11 is 0. The molecule has 6 heteroatoms. The lowest BCUT2D eigenvalue weighted by molar-refractivity contribution is -0.114. The first-order valence-electron chi connectivity index (χ1n) is 7.31. The van der Waals surface area contributed by atoms with Crippen LogP contribution in [0.15, 0.2) is 59.0 Å². The van der Waals surface area contributed by atoms with Gasteiger partial charge >= 0.3 is 0 Å². The van der Waals surface area contributed by atoms with Crippen LogP contribution in [0.4, 0.5) is 5.69 Å². The van der Waals surface area contributed by atoms with Crippen molar-refractivity contribution < 1.29 is 18.0 Å². The largest absolute Gasteiger partial charge is 0.326 e. The molecular formula is C18H15NO4S. The molecule has 122 valence electrons. The lowest BCUT2D eigenvalue weighted by atomic mass is 10.0. The van der Waals surface area contributed by atoms with Gasteiger partial charge in [-0.2, -0.15) is 0 Å². The summed E-state index contributed by atoms with van der Waals surface area (Å²) in [5.41, 5.74) is 1.78. The molecule has 2 aromatic rings. The molecule has 0 aliphatic carbocycles. The Hall–Kier alpha value is -2.73. The second-order valence-electron chi connectivity index (χ2n) is 5.56. The van der Waals surface area contributed by atoms with Crippen LogP contribution in [0.1, 0.15) is 22.8 Å². The Morgan fingerprint density at radius 2 is 1.75 bits per heavy atom. The number of hydrogen-bond donors (Lipinski definition) is 1. The fraction of sp³-hybridized carbons (Fsp3) is 0.111. The van der Waals surface area contributed by atoms with E-state index in [2.05, 4.69) is 5.32 Å². The van der Waals surface area contributed by atoms with Gasteiger partial charge in [-0.3, -0.25) is 9.59 Å². The first-order valence-corrected chi connectivity index (χ1v) is 8.97. The number of hydrogen-bond acceptors (Lipinski definition) is 4. The van der Waals surface area contributed by atoms with Gasteiger partial charge in [-0.1, -0.05) is 24.3 Å². The molecule has 1 aliphatic rings. The van der Waals surface area contributed by atoms with Gasteiger partial charge in [0.1, 0.15) is 0 Å². The molecule has 0 unspecified atom stereocenters. The molecule has 1 amide bonds. The summed E-state index contributed by atoms with van der Waals surface area (Å²) in [5.74, 6) is -0.756. The van der Waals surface area contributed by atoms with E-state index in [4.69, 9.17) is 0 Å². The van der Waals surface area contributed by atoms with Gasteiger partial charge in [0.2, 0.25) is 5.91 Å². The number of benzene rings is 2. The molecule has 0 fully saturated rings. The lowest BCUT2D eigenvalue weighted by Crippen LogP contribution is -2.24. The quantitative estimate of drug-likeness (QED) is 0.852. The highest BCUT2D eigenvalue weighted by molar-refractivity contribution is 7.91. The lowest BCUT2D eigenvalue weighted by Gasteiger charge is -2.17. The molecular weight excluding hydrogens is 326 g/mol. The number of Topliss-reactive ketones (excluding diaryl/α,β-unsaturated/α-hetero) is 1. The molecule has 0 bridgehead atoms. The Kier molecular flexibility index (Phi) is 4.07. The van der Waals surface area contributed by atoms with Gasteiger partial charge in [0, 0.05) is 23.7 Å². The molecule has 5 nitrogen and oxygen atoms in total. The van der Waals surface area contributed by atoms with Gasteiger partial charge < -0.3 is 5.32 Å². The van der Waals surface area contributed by atoms with Crippen molar-refractivity contribution in [2.45, 2.75) is 11.8 Å². The summed E-state index contributed by atoms with van der Waals surface area (Å²) in [6, 6.07) is 13.1. The Morgan fingerprint density at radius 3 is 2.42 bits per heavy atom. The minimum Gasteiger partial charge on any atom is -0.326 e. The molecule has 0 atom stereocenters. The van der Waals surface area contributed by atoms with Gasteiger partial charge in [-0.25, -0.2) is 8.42 Å². The minimum atomic E-state index is -3.51. The van der Waals surface area contributed by atoms with Crippen LogP contribution in [0.5, 0.6) is 0 Å². The molecule has 0 saturated heterocycles. The average molecular weight is 341 g/mol. The highest BCUT2D eigenvalue weighted by atomic mass is 32.2. The predicted octanol–water partition coefficient (Wildman–Crippen LogP) is 2.70. The maximum Gasteiger partial charge on any atom is 0.221 e. The Morgan fingerprint density at radius 1 is 1.08 bits per heavy atom. The van der Waals surface area contributed by atoms with Crippen LogP contribution in [0.2, 0.25) is 0 Å². The van der Waals surface area contributed by atoms with E-state index in [1.807, 2.05) is 0 Å². The molecule has 0 aromatic heterocycles. The molecule has 1 N–H and O–H groups in total. The van der Waals surface area contributed by atoms with Gasteiger partial charge in [-0.15, -0.1) is 0 Å². The second-order valence-corrected chi connectivity index (χ2v) is 7.52. The average Bonchev–Trinajstić information content (AvgIpc) is 2.54. The topological polar surface area (TPSA) is 80.3 Å². The van der Waals surface area contributed by atoms with Crippen molar-refractivity contribution in [3.63, 3.8) is 0 Å². The maximum absolute atomic E-state index is 12.5. The first-order chi connectivity index (χ1) is 11.4. The number of fused-ring (bicyclic) bond motifs is 1. The normalized spacial score (nSPS) is 17.4. The van der Waals surface area contributed by atoms with E-state index in [-0.39, 0.29) is 33.5 Å². The highest BCUT2D eigenvalue weighted by Crippen LogP contribution is 2.28. The second kappa shape index (κ2) is 6.05. The molecule has 1 aliphatic heterocycles. The van der Waals surface area contributed by atoms with Gasteiger partial charge in [0.25, 0.3) is 0 Å². The molecule has 3 rings (SSSR count). The third-order valence-corrected chi connectivity index (χ3v) is 5.39. The fourth-order valence-electron chi connectivity index (χ4n) is 2.62. The van der Waals surface area contributed by atoms with Crippen molar-refractivity contribution in [2.24, 2.45) is 0 Å². The predicted molar refractivity (Wildman–Crippen MR) is 91.5 cm³/mol. The van der Waals surface area contributed by atoms with Crippen LogP contribution in [0.25, 0.3) is 6.08 Å². The third kappa shape index (κ3) is 3.14. The summed E-state index contributed by atoms with van der Waals surface area (Å²) < 4.78 is 24.7. The molecule has 0 saturated carbocycles. The molecule has 0 spiro atoms. The number of amides is 1. The van der Waals surface area contributed by atoms with E-state index >= 15 is 0 Å².